The van der Waals surface area contributed by atoms with Crippen LogP contribution >= 0.6 is 0 Å². The zero-order chi connectivity index (χ0) is 18.8. The summed E-state index contributed by atoms with van der Waals surface area (Å²) >= 11 is 0. The van der Waals surface area contributed by atoms with Gasteiger partial charge >= 0.3 is 0 Å². The van der Waals surface area contributed by atoms with Gasteiger partial charge in [0.25, 0.3) is 0 Å². The smallest absolute Gasteiger partial charge is 0.224 e. The summed E-state index contributed by atoms with van der Waals surface area (Å²) in [5.41, 5.74) is 7.27. The molecule has 0 aliphatic carbocycles. The number of carbonyl (C=O) groups excluding carboxylic acids is 1. The number of rotatable bonds is 10. The van der Waals surface area contributed by atoms with Crippen molar-refractivity contribution in [2.75, 3.05) is 26.8 Å². The van der Waals surface area contributed by atoms with Crippen LogP contribution in [0.5, 0.6) is 17.2 Å². The van der Waals surface area contributed by atoms with Crippen LogP contribution in [0.3, 0.4) is 0 Å². The van der Waals surface area contributed by atoms with Crippen LogP contribution < -0.4 is 20.5 Å². The molecule has 0 unspecified atom stereocenters. The predicted molar refractivity (Wildman–Crippen MR) is 101 cm³/mol. The maximum atomic E-state index is 12.0. The lowest BCUT2D eigenvalue weighted by atomic mass is 10.1. The van der Waals surface area contributed by atoms with Crippen LogP contribution in [0.1, 0.15) is 17.5 Å². The molecule has 140 valence electrons. The Hall–Kier alpha value is -2.73. The first-order valence-corrected chi connectivity index (χ1v) is 8.66. The van der Waals surface area contributed by atoms with E-state index in [9.17, 15) is 9.90 Å². The van der Waals surface area contributed by atoms with E-state index in [4.69, 9.17) is 15.2 Å². The van der Waals surface area contributed by atoms with Gasteiger partial charge in [-0.2, -0.15) is 0 Å². The van der Waals surface area contributed by atoms with Crippen molar-refractivity contribution in [1.29, 1.82) is 0 Å². The Morgan fingerprint density at radius 3 is 2.77 bits per heavy atom. The minimum Gasteiger partial charge on any atom is -0.504 e. The van der Waals surface area contributed by atoms with Crippen LogP contribution in [-0.2, 0) is 17.6 Å². The minimum absolute atomic E-state index is 0.0155. The third kappa shape index (κ3) is 6.29. The topological polar surface area (TPSA) is 93.8 Å². The number of nitrogens with one attached hydrogen (secondary N) is 1. The summed E-state index contributed by atoms with van der Waals surface area (Å²) in [5.74, 6) is 1.15. The molecule has 6 heteroatoms. The Morgan fingerprint density at radius 2 is 2.04 bits per heavy atom. The molecular weight excluding hydrogens is 332 g/mol. The molecule has 0 atom stereocenters. The van der Waals surface area contributed by atoms with Gasteiger partial charge in [0.05, 0.1) is 13.5 Å². The standard InChI is InChI=1S/C20H26N2O4/c1-25-17-6-2-4-15(12-17)5-3-10-22-20(24)14-16-7-8-19(18(23)13-16)26-11-9-21/h2,4,6-8,12-13,23H,3,5,9-11,14,21H2,1H3,(H,22,24). The minimum atomic E-state index is -0.0781. The summed E-state index contributed by atoms with van der Waals surface area (Å²) in [4.78, 5) is 12.0. The van der Waals surface area contributed by atoms with Gasteiger partial charge in [-0.05, 0) is 48.2 Å². The number of phenolic OH excluding ortho intramolecular Hbond substituents is 1. The summed E-state index contributed by atoms with van der Waals surface area (Å²) in [5, 5.41) is 12.8. The van der Waals surface area contributed by atoms with E-state index in [-0.39, 0.29) is 18.1 Å². The molecule has 0 saturated carbocycles. The molecule has 2 aromatic carbocycles. The van der Waals surface area contributed by atoms with Crippen LogP contribution in [0, 0.1) is 0 Å². The first kappa shape index (κ1) is 19.6. The van der Waals surface area contributed by atoms with Gasteiger partial charge in [-0.3, -0.25) is 4.79 Å². The molecule has 0 heterocycles. The Kier molecular flexibility index (Phi) is 7.76. The van der Waals surface area contributed by atoms with E-state index >= 15 is 0 Å². The normalized spacial score (nSPS) is 10.4. The maximum absolute atomic E-state index is 12.0. The number of hydrogen-bond donors (Lipinski definition) is 3. The molecule has 1 amide bonds. The zero-order valence-electron chi connectivity index (χ0n) is 15.0. The van der Waals surface area contributed by atoms with E-state index < -0.39 is 0 Å². The Bertz CT molecular complexity index is 719. The number of phenols is 1. The molecule has 2 rings (SSSR count). The number of carbonyl (C=O) groups is 1. The van der Waals surface area contributed by atoms with Crippen molar-refractivity contribution in [2.24, 2.45) is 5.73 Å². The lowest BCUT2D eigenvalue weighted by Gasteiger charge is -2.09. The Labute approximate surface area is 153 Å². The van der Waals surface area contributed by atoms with Crippen LogP contribution in [0.15, 0.2) is 42.5 Å². The number of amides is 1. The highest BCUT2D eigenvalue weighted by molar-refractivity contribution is 5.78. The molecule has 4 N–H and O–H groups in total. The highest BCUT2D eigenvalue weighted by Crippen LogP contribution is 2.26. The molecule has 0 bridgehead atoms. The van der Waals surface area contributed by atoms with Crippen molar-refractivity contribution in [1.82, 2.24) is 5.32 Å². The second kappa shape index (κ2) is 10.3. The van der Waals surface area contributed by atoms with Gasteiger partial charge in [-0.1, -0.05) is 18.2 Å². The first-order chi connectivity index (χ1) is 12.6. The van der Waals surface area contributed by atoms with Crippen molar-refractivity contribution in [3.8, 4) is 17.2 Å². The maximum Gasteiger partial charge on any atom is 0.224 e. The Balaban J connectivity index is 1.73. The SMILES string of the molecule is COc1cccc(CCCNC(=O)Cc2ccc(OCCN)c(O)c2)c1. The van der Waals surface area contributed by atoms with Gasteiger partial charge in [0, 0.05) is 13.1 Å². The number of nitrogens with two attached hydrogens (primary N) is 1. The van der Waals surface area contributed by atoms with Gasteiger partial charge in [0.1, 0.15) is 12.4 Å². The van der Waals surface area contributed by atoms with E-state index in [1.165, 1.54) is 5.56 Å². The van der Waals surface area contributed by atoms with Gasteiger partial charge in [-0.25, -0.2) is 0 Å². The summed E-state index contributed by atoms with van der Waals surface area (Å²) in [6, 6.07) is 12.9. The summed E-state index contributed by atoms with van der Waals surface area (Å²) in [6.45, 7) is 1.31. The second-order valence-electron chi connectivity index (χ2n) is 5.92. The summed E-state index contributed by atoms with van der Waals surface area (Å²) in [7, 11) is 1.65. The molecule has 0 fully saturated rings. The lowest BCUT2D eigenvalue weighted by molar-refractivity contribution is -0.120. The largest absolute Gasteiger partial charge is 0.504 e. The molecular formula is C20H26N2O4. The fourth-order valence-electron chi connectivity index (χ4n) is 2.56. The molecule has 0 radical (unpaired) electrons. The van der Waals surface area contributed by atoms with Gasteiger partial charge in [0.2, 0.25) is 5.91 Å². The predicted octanol–water partition coefficient (Wildman–Crippen LogP) is 2.03. The van der Waals surface area contributed by atoms with Crippen LogP contribution in [0.2, 0.25) is 0 Å². The summed E-state index contributed by atoms with van der Waals surface area (Å²) < 4.78 is 10.5. The molecule has 0 aliphatic heterocycles. The first-order valence-electron chi connectivity index (χ1n) is 8.66. The summed E-state index contributed by atoms with van der Waals surface area (Å²) in [6.07, 6.45) is 1.92. The number of aromatic hydroxyl groups is 1. The number of aryl methyl sites for hydroxylation is 1. The number of ether oxygens (including phenoxy) is 2. The Morgan fingerprint density at radius 1 is 1.19 bits per heavy atom. The number of benzene rings is 2. The fraction of sp³-hybridized carbons (Fsp3) is 0.350. The molecule has 2 aromatic rings. The van der Waals surface area contributed by atoms with Crippen molar-refractivity contribution < 1.29 is 19.4 Å². The van der Waals surface area contributed by atoms with E-state index in [1.807, 2.05) is 24.3 Å². The van der Waals surface area contributed by atoms with Crippen molar-refractivity contribution >= 4 is 5.91 Å². The van der Waals surface area contributed by atoms with Crippen molar-refractivity contribution in [3.05, 3.63) is 53.6 Å². The highest BCUT2D eigenvalue weighted by atomic mass is 16.5. The molecule has 26 heavy (non-hydrogen) atoms. The third-order valence-electron chi connectivity index (χ3n) is 3.86. The lowest BCUT2D eigenvalue weighted by Crippen LogP contribution is -2.26. The molecule has 0 aliphatic rings. The molecule has 6 nitrogen and oxygen atoms in total. The van der Waals surface area contributed by atoms with Crippen LogP contribution in [0.4, 0.5) is 0 Å². The molecule has 0 spiro atoms. The third-order valence-corrected chi connectivity index (χ3v) is 3.86. The molecule has 0 saturated heterocycles. The monoisotopic (exact) mass is 358 g/mol. The van der Waals surface area contributed by atoms with Crippen LogP contribution in [-0.4, -0.2) is 37.8 Å². The quantitative estimate of drug-likeness (QED) is 0.565. The fourth-order valence-corrected chi connectivity index (χ4v) is 2.56. The average Bonchev–Trinajstić information content (AvgIpc) is 2.65. The van der Waals surface area contributed by atoms with Crippen LogP contribution in [0.25, 0.3) is 0 Å². The van der Waals surface area contributed by atoms with E-state index in [0.29, 0.717) is 25.4 Å². The van der Waals surface area contributed by atoms with E-state index in [0.717, 1.165) is 24.2 Å². The van der Waals surface area contributed by atoms with E-state index in [1.54, 1.807) is 25.3 Å². The van der Waals surface area contributed by atoms with Crippen molar-refractivity contribution in [2.45, 2.75) is 19.3 Å². The highest BCUT2D eigenvalue weighted by Gasteiger charge is 2.07. The zero-order valence-corrected chi connectivity index (χ0v) is 15.0. The van der Waals surface area contributed by atoms with Gasteiger partial charge in [0.15, 0.2) is 11.5 Å². The van der Waals surface area contributed by atoms with Crippen molar-refractivity contribution in [3.63, 3.8) is 0 Å². The number of methoxy groups -OCH3 is 1. The van der Waals surface area contributed by atoms with E-state index in [2.05, 4.69) is 5.32 Å². The molecule has 0 aromatic heterocycles. The average molecular weight is 358 g/mol. The second-order valence-corrected chi connectivity index (χ2v) is 5.92. The van der Waals surface area contributed by atoms with Gasteiger partial charge < -0.3 is 25.6 Å². The van der Waals surface area contributed by atoms with Gasteiger partial charge in [-0.15, -0.1) is 0 Å². The number of hydrogen-bond acceptors (Lipinski definition) is 5.